The van der Waals surface area contributed by atoms with E-state index in [2.05, 4.69) is 23.2 Å². The van der Waals surface area contributed by atoms with E-state index in [1.54, 1.807) is 0 Å². The maximum atomic E-state index is 5.70. The van der Waals surface area contributed by atoms with Crippen LogP contribution in [-0.2, 0) is 0 Å². The summed E-state index contributed by atoms with van der Waals surface area (Å²) in [5.41, 5.74) is 1.23. The van der Waals surface area contributed by atoms with Crippen molar-refractivity contribution in [2.75, 3.05) is 40.4 Å². The van der Waals surface area contributed by atoms with Crippen molar-refractivity contribution in [1.82, 2.24) is 10.2 Å². The highest BCUT2D eigenvalue weighted by Gasteiger charge is 2.23. The predicted molar refractivity (Wildman–Crippen MR) is 72.4 cm³/mol. The van der Waals surface area contributed by atoms with Gasteiger partial charge in [-0.2, -0.15) is 0 Å². The Balaban J connectivity index is 1.96. The first-order valence-corrected chi connectivity index (χ1v) is 6.48. The van der Waals surface area contributed by atoms with Crippen molar-refractivity contribution in [1.29, 1.82) is 0 Å². The van der Waals surface area contributed by atoms with E-state index in [9.17, 15) is 0 Å². The van der Waals surface area contributed by atoms with Gasteiger partial charge in [0.1, 0.15) is 24.7 Å². The number of hydrogen-bond donors (Lipinski definition) is 1. The molecular weight excluding hydrogens is 228 g/mol. The van der Waals surface area contributed by atoms with E-state index in [0.717, 1.165) is 24.6 Å². The summed E-state index contributed by atoms with van der Waals surface area (Å²) in [5, 5.41) is 3.41. The van der Waals surface area contributed by atoms with Gasteiger partial charge in [0.2, 0.25) is 0 Å². The molecule has 2 rings (SSSR count). The molecule has 0 aromatic heterocycles. The Morgan fingerprint density at radius 2 is 2.28 bits per heavy atom. The van der Waals surface area contributed by atoms with Crippen LogP contribution in [0.25, 0.3) is 0 Å². The van der Waals surface area contributed by atoms with Crippen molar-refractivity contribution in [3.63, 3.8) is 0 Å². The number of hydrogen-bond acceptors (Lipinski definition) is 4. The molecule has 0 saturated carbocycles. The zero-order chi connectivity index (χ0) is 13.0. The second-order valence-electron chi connectivity index (χ2n) is 4.77. The lowest BCUT2D eigenvalue weighted by molar-refractivity contribution is 0.260. The van der Waals surface area contributed by atoms with Crippen molar-refractivity contribution in [3.05, 3.63) is 23.8 Å². The lowest BCUT2D eigenvalue weighted by Crippen LogP contribution is -2.21. The van der Waals surface area contributed by atoms with E-state index in [-0.39, 0.29) is 0 Å². The number of likely N-dealkylation sites (N-methyl/N-ethyl adjacent to an activating group) is 2. The number of benzene rings is 1. The van der Waals surface area contributed by atoms with Crippen LogP contribution in [0.5, 0.6) is 11.5 Å². The molecule has 0 amide bonds. The Kier molecular flexibility index (Phi) is 4.44. The minimum absolute atomic E-state index is 0.320. The van der Waals surface area contributed by atoms with Gasteiger partial charge in [-0.05, 0) is 32.8 Å². The zero-order valence-corrected chi connectivity index (χ0v) is 11.4. The van der Waals surface area contributed by atoms with Gasteiger partial charge >= 0.3 is 0 Å². The summed E-state index contributed by atoms with van der Waals surface area (Å²) in [5.74, 6) is 1.83. The van der Waals surface area contributed by atoms with Crippen LogP contribution in [0.1, 0.15) is 18.5 Å². The van der Waals surface area contributed by atoms with Crippen molar-refractivity contribution < 1.29 is 9.47 Å². The molecule has 4 heteroatoms. The van der Waals surface area contributed by atoms with Crippen LogP contribution in [0.3, 0.4) is 0 Å². The van der Waals surface area contributed by atoms with Crippen molar-refractivity contribution >= 4 is 0 Å². The first-order valence-electron chi connectivity index (χ1n) is 6.48. The van der Waals surface area contributed by atoms with Gasteiger partial charge in [-0.3, -0.25) is 0 Å². The first kappa shape index (κ1) is 13.2. The fraction of sp³-hybridized carbons (Fsp3) is 0.571. The van der Waals surface area contributed by atoms with Gasteiger partial charge in [0.05, 0.1) is 6.04 Å². The van der Waals surface area contributed by atoms with E-state index in [0.29, 0.717) is 19.3 Å². The lowest BCUT2D eigenvalue weighted by Gasteiger charge is -2.12. The normalized spacial score (nSPS) is 17.7. The quantitative estimate of drug-likeness (QED) is 0.832. The van der Waals surface area contributed by atoms with E-state index in [4.69, 9.17) is 9.47 Å². The third kappa shape index (κ3) is 3.15. The topological polar surface area (TPSA) is 33.7 Å². The lowest BCUT2D eigenvalue weighted by atomic mass is 10.1. The third-order valence-electron chi connectivity index (χ3n) is 3.02. The molecule has 1 aromatic carbocycles. The van der Waals surface area contributed by atoms with Crippen LogP contribution in [0, 0.1) is 0 Å². The van der Waals surface area contributed by atoms with E-state index >= 15 is 0 Å². The van der Waals surface area contributed by atoms with Crippen LogP contribution in [0.4, 0.5) is 0 Å². The monoisotopic (exact) mass is 250 g/mol. The molecule has 0 saturated heterocycles. The summed E-state index contributed by atoms with van der Waals surface area (Å²) in [6.45, 7) is 5.38. The van der Waals surface area contributed by atoms with Gasteiger partial charge in [0.15, 0.2) is 0 Å². The average molecular weight is 250 g/mol. The van der Waals surface area contributed by atoms with Crippen LogP contribution >= 0.6 is 0 Å². The highest BCUT2D eigenvalue weighted by molar-refractivity contribution is 5.45. The fourth-order valence-electron chi connectivity index (χ4n) is 2.04. The first-order chi connectivity index (χ1) is 8.70. The SMILES string of the molecule is CCNC1COc2cc(OCCN(C)C)ccc21. The molecular formula is C14H22N2O2. The van der Waals surface area contributed by atoms with Gasteiger partial charge in [-0.25, -0.2) is 0 Å². The van der Waals surface area contributed by atoms with Gasteiger partial charge in [0.25, 0.3) is 0 Å². The summed E-state index contributed by atoms with van der Waals surface area (Å²) in [6.07, 6.45) is 0. The summed E-state index contributed by atoms with van der Waals surface area (Å²) < 4.78 is 11.4. The summed E-state index contributed by atoms with van der Waals surface area (Å²) in [4.78, 5) is 2.10. The Bertz CT molecular complexity index is 393. The van der Waals surface area contributed by atoms with Crippen molar-refractivity contribution in [2.45, 2.75) is 13.0 Å². The van der Waals surface area contributed by atoms with Crippen LogP contribution in [0.2, 0.25) is 0 Å². The summed E-state index contributed by atoms with van der Waals surface area (Å²) in [6, 6.07) is 6.43. The number of fused-ring (bicyclic) bond motifs is 1. The van der Waals surface area contributed by atoms with E-state index in [1.807, 2.05) is 26.2 Å². The molecule has 0 spiro atoms. The molecule has 0 aliphatic carbocycles. The molecule has 1 aromatic rings. The molecule has 1 aliphatic heterocycles. The molecule has 1 atom stereocenters. The minimum atomic E-state index is 0.320. The molecule has 0 radical (unpaired) electrons. The Morgan fingerprint density at radius 3 is 3.00 bits per heavy atom. The van der Waals surface area contributed by atoms with Crippen molar-refractivity contribution in [2.24, 2.45) is 0 Å². The number of ether oxygens (including phenoxy) is 2. The minimum Gasteiger partial charge on any atom is -0.492 e. The van der Waals surface area contributed by atoms with Gasteiger partial charge < -0.3 is 19.7 Å². The maximum absolute atomic E-state index is 5.70. The number of nitrogens with zero attached hydrogens (tertiary/aromatic N) is 1. The molecule has 1 heterocycles. The molecule has 1 N–H and O–H groups in total. The molecule has 4 nitrogen and oxygen atoms in total. The second kappa shape index (κ2) is 6.07. The largest absolute Gasteiger partial charge is 0.492 e. The van der Waals surface area contributed by atoms with Crippen molar-refractivity contribution in [3.8, 4) is 11.5 Å². The standard InChI is InChI=1S/C14H22N2O2/c1-4-15-13-10-18-14-9-11(5-6-12(13)14)17-8-7-16(2)3/h5-6,9,13,15H,4,7-8,10H2,1-3H3. The highest BCUT2D eigenvalue weighted by Crippen LogP contribution is 2.35. The van der Waals surface area contributed by atoms with E-state index < -0.39 is 0 Å². The average Bonchev–Trinajstić information content (AvgIpc) is 2.72. The summed E-state index contributed by atoms with van der Waals surface area (Å²) >= 11 is 0. The maximum Gasteiger partial charge on any atom is 0.127 e. The molecule has 1 aliphatic rings. The third-order valence-corrected chi connectivity index (χ3v) is 3.02. The van der Waals surface area contributed by atoms with Crippen LogP contribution < -0.4 is 14.8 Å². The Labute approximate surface area is 109 Å². The van der Waals surface area contributed by atoms with Crippen LogP contribution in [0.15, 0.2) is 18.2 Å². The number of nitrogens with one attached hydrogen (secondary N) is 1. The van der Waals surface area contributed by atoms with Gasteiger partial charge in [-0.1, -0.05) is 6.92 Å². The van der Waals surface area contributed by atoms with Gasteiger partial charge in [0, 0.05) is 18.2 Å². The molecule has 18 heavy (non-hydrogen) atoms. The Morgan fingerprint density at radius 1 is 1.44 bits per heavy atom. The number of rotatable bonds is 6. The molecule has 0 fully saturated rings. The fourth-order valence-corrected chi connectivity index (χ4v) is 2.04. The molecule has 100 valence electrons. The summed E-state index contributed by atoms with van der Waals surface area (Å²) in [7, 11) is 4.08. The van der Waals surface area contributed by atoms with Gasteiger partial charge in [-0.15, -0.1) is 0 Å². The highest BCUT2D eigenvalue weighted by atomic mass is 16.5. The Hall–Kier alpha value is -1.26. The zero-order valence-electron chi connectivity index (χ0n) is 11.4. The molecule has 0 bridgehead atoms. The smallest absolute Gasteiger partial charge is 0.127 e. The van der Waals surface area contributed by atoms with E-state index in [1.165, 1.54) is 5.56 Å². The van der Waals surface area contributed by atoms with Crippen LogP contribution in [-0.4, -0.2) is 45.3 Å². The second-order valence-corrected chi connectivity index (χ2v) is 4.77. The predicted octanol–water partition coefficient (Wildman–Crippen LogP) is 1.67. The molecule has 1 unspecified atom stereocenters.